The Morgan fingerprint density at radius 2 is 1.78 bits per heavy atom. The molecule has 0 radical (unpaired) electrons. The highest BCUT2D eigenvalue weighted by Gasteiger charge is 2.34. The van der Waals surface area contributed by atoms with Crippen LogP contribution >= 0.6 is 0 Å². The van der Waals surface area contributed by atoms with E-state index in [0.717, 1.165) is 55.1 Å². The Kier molecular flexibility index (Phi) is 7.94. The van der Waals surface area contributed by atoms with Crippen molar-refractivity contribution in [1.29, 1.82) is 0 Å². The molecule has 1 aliphatic heterocycles. The molecule has 9 nitrogen and oxygen atoms in total. The molecule has 2 aliphatic rings. The Hall–Kier alpha value is -2.23. The van der Waals surface area contributed by atoms with Crippen molar-refractivity contribution in [2.24, 2.45) is 0 Å². The minimum atomic E-state index is -0.101. The fourth-order valence-corrected chi connectivity index (χ4v) is 5.09. The Morgan fingerprint density at radius 3 is 2.47 bits per heavy atom. The summed E-state index contributed by atoms with van der Waals surface area (Å²) >= 11 is 0. The lowest BCUT2D eigenvalue weighted by Crippen LogP contribution is -2.52. The number of nitrogens with zero attached hydrogens (tertiary/aromatic N) is 6. The highest BCUT2D eigenvalue weighted by molar-refractivity contribution is 5.44. The predicted octanol–water partition coefficient (Wildman–Crippen LogP) is 2.38. The van der Waals surface area contributed by atoms with Gasteiger partial charge in [-0.1, -0.05) is 19.3 Å². The summed E-state index contributed by atoms with van der Waals surface area (Å²) in [6, 6.07) is 6.63. The first-order valence-electron chi connectivity index (χ1n) is 11.7. The van der Waals surface area contributed by atoms with Crippen molar-refractivity contribution in [3.8, 4) is 11.5 Å². The van der Waals surface area contributed by atoms with E-state index in [-0.39, 0.29) is 6.04 Å². The fourth-order valence-electron chi connectivity index (χ4n) is 5.09. The van der Waals surface area contributed by atoms with Crippen LogP contribution in [-0.2, 0) is 11.3 Å². The summed E-state index contributed by atoms with van der Waals surface area (Å²) in [5.41, 5.74) is 1.05. The van der Waals surface area contributed by atoms with Crippen molar-refractivity contribution in [2.75, 3.05) is 54.1 Å². The van der Waals surface area contributed by atoms with Crippen molar-refractivity contribution < 1.29 is 14.2 Å². The number of benzene rings is 1. The third-order valence-electron chi connectivity index (χ3n) is 6.85. The van der Waals surface area contributed by atoms with Gasteiger partial charge >= 0.3 is 0 Å². The lowest BCUT2D eigenvalue weighted by molar-refractivity contribution is 0.0609. The second kappa shape index (κ2) is 11.1. The van der Waals surface area contributed by atoms with Crippen molar-refractivity contribution in [3.05, 3.63) is 29.6 Å². The summed E-state index contributed by atoms with van der Waals surface area (Å²) in [5.74, 6) is 2.37. The highest BCUT2D eigenvalue weighted by atomic mass is 16.5. The Balaban J connectivity index is 1.61. The molecule has 4 rings (SSSR count). The topological polar surface area (TPSA) is 77.8 Å². The Morgan fingerprint density at radius 1 is 1.00 bits per heavy atom. The molecular weight excluding hydrogens is 408 g/mol. The molecule has 176 valence electrons. The first-order valence-corrected chi connectivity index (χ1v) is 11.7. The zero-order valence-corrected chi connectivity index (χ0v) is 19.6. The first-order chi connectivity index (χ1) is 15.7. The summed E-state index contributed by atoms with van der Waals surface area (Å²) in [5, 5.41) is 12.7. The van der Waals surface area contributed by atoms with Crippen molar-refractivity contribution in [1.82, 2.24) is 30.0 Å². The average molecular weight is 445 g/mol. The molecule has 0 amide bonds. The number of hydrogen-bond donors (Lipinski definition) is 0. The van der Waals surface area contributed by atoms with Gasteiger partial charge in [0.25, 0.3) is 0 Å². The number of hydrogen-bond acceptors (Lipinski definition) is 8. The molecule has 2 heterocycles. The maximum Gasteiger partial charge on any atom is 0.173 e. The maximum absolute atomic E-state index is 5.78. The second-order valence-corrected chi connectivity index (χ2v) is 8.63. The molecule has 32 heavy (non-hydrogen) atoms. The van der Waals surface area contributed by atoms with E-state index < -0.39 is 0 Å². The van der Waals surface area contributed by atoms with Crippen LogP contribution < -0.4 is 9.47 Å². The van der Waals surface area contributed by atoms with Gasteiger partial charge in [0, 0.05) is 51.0 Å². The molecule has 1 aliphatic carbocycles. The minimum Gasteiger partial charge on any atom is -0.497 e. The van der Waals surface area contributed by atoms with Crippen LogP contribution in [-0.4, -0.2) is 90.2 Å². The van der Waals surface area contributed by atoms with Gasteiger partial charge in [0.1, 0.15) is 17.5 Å². The number of ether oxygens (including phenoxy) is 3. The van der Waals surface area contributed by atoms with Gasteiger partial charge in [0.2, 0.25) is 0 Å². The number of aromatic nitrogens is 4. The number of rotatable bonds is 9. The first kappa shape index (κ1) is 22.9. The van der Waals surface area contributed by atoms with Crippen LogP contribution in [0.2, 0.25) is 0 Å². The molecule has 0 N–H and O–H groups in total. The molecule has 0 spiro atoms. The summed E-state index contributed by atoms with van der Waals surface area (Å²) in [4.78, 5) is 5.17. The summed E-state index contributed by atoms with van der Waals surface area (Å²) in [7, 11) is 5.06. The number of piperazine rings is 1. The molecule has 1 saturated carbocycles. The Labute approximate surface area is 190 Å². The lowest BCUT2D eigenvalue weighted by Gasteiger charge is -2.43. The molecule has 9 heteroatoms. The van der Waals surface area contributed by atoms with Crippen LogP contribution in [0.25, 0.3) is 0 Å². The van der Waals surface area contributed by atoms with E-state index in [4.69, 9.17) is 14.2 Å². The monoisotopic (exact) mass is 444 g/mol. The standard InChI is InChI=1S/C23H36N6O3/c1-30-16-15-29-23(24-25-26-29)22(20-10-9-19(31-2)17-21(20)32-3)28-13-11-27(12-14-28)18-7-5-4-6-8-18/h9-10,17-18,22H,4-8,11-16H2,1-3H3. The minimum absolute atomic E-state index is 0.101. The van der Waals surface area contributed by atoms with E-state index in [1.54, 1.807) is 21.3 Å². The predicted molar refractivity (Wildman–Crippen MR) is 121 cm³/mol. The van der Waals surface area contributed by atoms with Crippen LogP contribution in [0.5, 0.6) is 11.5 Å². The van der Waals surface area contributed by atoms with Crippen LogP contribution in [0.4, 0.5) is 0 Å². The number of methoxy groups -OCH3 is 3. The van der Waals surface area contributed by atoms with Crippen molar-refractivity contribution in [2.45, 2.75) is 50.7 Å². The van der Waals surface area contributed by atoms with Crippen molar-refractivity contribution in [3.63, 3.8) is 0 Å². The average Bonchev–Trinajstić information content (AvgIpc) is 3.32. The van der Waals surface area contributed by atoms with E-state index >= 15 is 0 Å². The van der Waals surface area contributed by atoms with Gasteiger partial charge in [0.15, 0.2) is 5.82 Å². The third kappa shape index (κ3) is 5.05. The van der Waals surface area contributed by atoms with Gasteiger partial charge in [-0.25, -0.2) is 4.68 Å². The molecule has 0 bridgehead atoms. The molecule has 1 atom stereocenters. The fraction of sp³-hybridized carbons (Fsp3) is 0.696. The normalized spacial score (nSPS) is 19.7. The zero-order chi connectivity index (χ0) is 22.3. The summed E-state index contributed by atoms with van der Waals surface area (Å²) in [6.07, 6.45) is 6.80. The van der Waals surface area contributed by atoms with Gasteiger partial charge in [-0.3, -0.25) is 9.80 Å². The summed E-state index contributed by atoms with van der Waals surface area (Å²) < 4.78 is 18.3. The third-order valence-corrected chi connectivity index (χ3v) is 6.85. The van der Waals surface area contributed by atoms with E-state index in [9.17, 15) is 0 Å². The quantitative estimate of drug-likeness (QED) is 0.583. The Bertz CT molecular complexity index is 846. The summed E-state index contributed by atoms with van der Waals surface area (Å²) in [6.45, 7) is 5.23. The zero-order valence-electron chi connectivity index (χ0n) is 19.6. The van der Waals surface area contributed by atoms with Gasteiger partial charge in [-0.2, -0.15) is 0 Å². The largest absolute Gasteiger partial charge is 0.497 e. The van der Waals surface area contributed by atoms with Crippen molar-refractivity contribution >= 4 is 0 Å². The smallest absolute Gasteiger partial charge is 0.173 e. The molecule has 1 saturated heterocycles. The maximum atomic E-state index is 5.78. The van der Waals surface area contributed by atoms with Gasteiger partial charge in [-0.05, 0) is 35.4 Å². The van der Waals surface area contributed by atoms with Crippen LogP contribution in [0, 0.1) is 0 Å². The van der Waals surface area contributed by atoms with E-state index in [1.165, 1.54) is 32.1 Å². The molecule has 1 aromatic heterocycles. The second-order valence-electron chi connectivity index (χ2n) is 8.63. The molecule has 1 unspecified atom stereocenters. The SMILES string of the molecule is COCCn1nnnc1C(c1ccc(OC)cc1OC)N1CCN(C2CCCCC2)CC1. The number of tetrazole rings is 1. The highest BCUT2D eigenvalue weighted by Crippen LogP contribution is 2.37. The van der Waals surface area contributed by atoms with E-state index in [2.05, 4.69) is 31.4 Å². The molecule has 2 aromatic rings. The van der Waals surface area contributed by atoms with Gasteiger partial charge in [-0.15, -0.1) is 5.10 Å². The van der Waals surface area contributed by atoms with Crippen LogP contribution in [0.1, 0.15) is 49.5 Å². The van der Waals surface area contributed by atoms with Crippen LogP contribution in [0.3, 0.4) is 0 Å². The molecule has 1 aromatic carbocycles. The van der Waals surface area contributed by atoms with Gasteiger partial charge in [0.05, 0.1) is 27.4 Å². The van der Waals surface area contributed by atoms with E-state index in [1.807, 2.05) is 16.8 Å². The van der Waals surface area contributed by atoms with Gasteiger partial charge < -0.3 is 14.2 Å². The van der Waals surface area contributed by atoms with E-state index in [0.29, 0.717) is 13.2 Å². The molecular formula is C23H36N6O3. The lowest BCUT2D eigenvalue weighted by atomic mass is 9.93. The van der Waals surface area contributed by atoms with Crippen LogP contribution in [0.15, 0.2) is 18.2 Å². The molecule has 2 fully saturated rings.